The summed E-state index contributed by atoms with van der Waals surface area (Å²) in [7, 11) is 0. The van der Waals surface area contributed by atoms with Crippen molar-refractivity contribution in [2.75, 3.05) is 13.1 Å². The van der Waals surface area contributed by atoms with Crippen LogP contribution in [0, 0.1) is 0 Å². The molecule has 0 radical (unpaired) electrons. The Bertz CT molecular complexity index is 673. The molecule has 1 heterocycles. The first kappa shape index (κ1) is 16.5. The summed E-state index contributed by atoms with van der Waals surface area (Å²) in [6.07, 6.45) is 1.28. The lowest BCUT2D eigenvalue weighted by atomic mass is 9.85. The van der Waals surface area contributed by atoms with Crippen LogP contribution in [-0.2, 0) is 6.42 Å². The Morgan fingerprint density at radius 1 is 1.18 bits per heavy atom. The summed E-state index contributed by atoms with van der Waals surface area (Å²) in [5.74, 6) is -0.509. The zero-order valence-electron chi connectivity index (χ0n) is 12.0. The highest BCUT2D eigenvalue weighted by Gasteiger charge is 2.25. The van der Waals surface area contributed by atoms with Crippen LogP contribution in [0.5, 0.6) is 11.5 Å². The van der Waals surface area contributed by atoms with Gasteiger partial charge in [0.15, 0.2) is 17.8 Å². The second kappa shape index (κ2) is 6.94. The van der Waals surface area contributed by atoms with Gasteiger partial charge in [0, 0.05) is 12.5 Å². The molecule has 1 atom stereocenters. The number of fused-ring (bicyclic) bond motifs is 1. The van der Waals surface area contributed by atoms with Gasteiger partial charge in [-0.3, -0.25) is 4.79 Å². The van der Waals surface area contributed by atoms with Crippen LogP contribution in [0.3, 0.4) is 0 Å². The SMILES string of the molecule is Br.O=Cc1c(O)c(O)cc2c1CCNCC2c1ccccc1. The number of aromatic hydroxyl groups is 2. The molecule has 4 nitrogen and oxygen atoms in total. The number of rotatable bonds is 2. The summed E-state index contributed by atoms with van der Waals surface area (Å²) in [4.78, 5) is 11.3. The predicted molar refractivity (Wildman–Crippen MR) is 90.3 cm³/mol. The molecule has 0 bridgehead atoms. The predicted octanol–water partition coefficient (Wildman–Crippen LogP) is 2.77. The molecule has 0 saturated carbocycles. The zero-order valence-corrected chi connectivity index (χ0v) is 13.7. The van der Waals surface area contributed by atoms with Crippen LogP contribution >= 0.6 is 17.0 Å². The Hall–Kier alpha value is -1.85. The van der Waals surface area contributed by atoms with Crippen LogP contribution in [0.2, 0.25) is 0 Å². The molecule has 1 aliphatic heterocycles. The number of nitrogens with one attached hydrogen (secondary N) is 1. The van der Waals surface area contributed by atoms with Gasteiger partial charge in [-0.25, -0.2) is 0 Å². The van der Waals surface area contributed by atoms with E-state index in [2.05, 4.69) is 5.32 Å². The molecule has 22 heavy (non-hydrogen) atoms. The highest BCUT2D eigenvalue weighted by Crippen LogP contribution is 2.39. The number of aldehydes is 1. The maximum atomic E-state index is 11.3. The molecular formula is C17H18BrNO3. The molecule has 0 spiro atoms. The number of carbonyl (C=O) groups is 1. The van der Waals surface area contributed by atoms with Crippen molar-refractivity contribution in [3.05, 3.63) is 58.7 Å². The third-order valence-electron chi connectivity index (χ3n) is 4.06. The Labute approximate surface area is 139 Å². The quantitative estimate of drug-likeness (QED) is 0.566. The van der Waals surface area contributed by atoms with Crippen LogP contribution < -0.4 is 5.32 Å². The molecule has 5 heteroatoms. The first-order valence-corrected chi connectivity index (χ1v) is 7.01. The summed E-state index contributed by atoms with van der Waals surface area (Å²) >= 11 is 0. The van der Waals surface area contributed by atoms with Crippen molar-refractivity contribution in [3.8, 4) is 11.5 Å². The van der Waals surface area contributed by atoms with E-state index in [9.17, 15) is 15.0 Å². The van der Waals surface area contributed by atoms with E-state index >= 15 is 0 Å². The lowest BCUT2D eigenvalue weighted by Gasteiger charge is -2.20. The fraction of sp³-hybridized carbons (Fsp3) is 0.235. The van der Waals surface area contributed by atoms with Gasteiger partial charge < -0.3 is 15.5 Å². The fourth-order valence-corrected chi connectivity index (χ4v) is 3.01. The Balaban J connectivity index is 0.00000176. The lowest BCUT2D eigenvalue weighted by Crippen LogP contribution is -2.20. The minimum Gasteiger partial charge on any atom is -0.504 e. The Kier molecular flexibility index (Phi) is 5.21. The van der Waals surface area contributed by atoms with E-state index in [0.29, 0.717) is 12.7 Å². The summed E-state index contributed by atoms with van der Waals surface area (Å²) in [6, 6.07) is 11.6. The molecular weight excluding hydrogens is 346 g/mol. The standard InChI is InChI=1S/C17H17NO3.BrH/c19-10-15-12-6-7-18-9-14(11-4-2-1-3-5-11)13(12)8-16(20)17(15)21;/h1-5,8,10,14,18,20-21H,6-7,9H2;1H. The molecule has 1 aliphatic rings. The summed E-state index contributed by atoms with van der Waals surface area (Å²) in [5, 5.41) is 23.2. The van der Waals surface area contributed by atoms with Gasteiger partial charge in [-0.2, -0.15) is 0 Å². The summed E-state index contributed by atoms with van der Waals surface area (Å²) in [5.41, 5.74) is 3.05. The Morgan fingerprint density at radius 2 is 1.91 bits per heavy atom. The average Bonchev–Trinajstić information content (AvgIpc) is 2.72. The van der Waals surface area contributed by atoms with Crippen LogP contribution in [-0.4, -0.2) is 29.6 Å². The van der Waals surface area contributed by atoms with E-state index in [1.165, 1.54) is 0 Å². The number of phenols is 2. The van der Waals surface area contributed by atoms with Gasteiger partial charge in [0.2, 0.25) is 0 Å². The molecule has 2 aromatic rings. The normalized spacial score (nSPS) is 17.0. The second-order valence-electron chi connectivity index (χ2n) is 5.26. The number of hydrogen-bond donors (Lipinski definition) is 3. The van der Waals surface area contributed by atoms with Crippen molar-refractivity contribution in [1.29, 1.82) is 0 Å². The van der Waals surface area contributed by atoms with E-state index in [1.807, 2.05) is 30.3 Å². The largest absolute Gasteiger partial charge is 0.504 e. The maximum Gasteiger partial charge on any atom is 0.168 e. The molecule has 0 aliphatic carbocycles. The van der Waals surface area contributed by atoms with Crippen LogP contribution in [0.1, 0.15) is 33.0 Å². The molecule has 3 N–H and O–H groups in total. The van der Waals surface area contributed by atoms with Gasteiger partial charge in [-0.1, -0.05) is 30.3 Å². The first-order valence-electron chi connectivity index (χ1n) is 7.01. The highest BCUT2D eigenvalue weighted by atomic mass is 79.9. The van der Waals surface area contributed by atoms with E-state index in [0.717, 1.165) is 29.8 Å². The van der Waals surface area contributed by atoms with Crippen molar-refractivity contribution in [2.24, 2.45) is 0 Å². The fourth-order valence-electron chi connectivity index (χ4n) is 3.01. The van der Waals surface area contributed by atoms with Gasteiger partial charge in [-0.15, -0.1) is 17.0 Å². The van der Waals surface area contributed by atoms with Gasteiger partial charge in [0.25, 0.3) is 0 Å². The van der Waals surface area contributed by atoms with Crippen molar-refractivity contribution in [1.82, 2.24) is 5.32 Å². The summed E-state index contributed by atoms with van der Waals surface area (Å²) < 4.78 is 0. The number of phenolic OH excluding ortho intramolecular Hbond substituents is 2. The topological polar surface area (TPSA) is 69.6 Å². The molecule has 3 rings (SSSR count). The maximum absolute atomic E-state index is 11.3. The van der Waals surface area contributed by atoms with Crippen molar-refractivity contribution in [2.45, 2.75) is 12.3 Å². The minimum atomic E-state index is -0.322. The van der Waals surface area contributed by atoms with E-state index in [4.69, 9.17) is 0 Å². The van der Waals surface area contributed by atoms with Crippen molar-refractivity contribution >= 4 is 23.3 Å². The number of hydrogen-bond acceptors (Lipinski definition) is 4. The molecule has 2 aromatic carbocycles. The molecule has 0 fully saturated rings. The third kappa shape index (κ3) is 2.87. The molecule has 0 amide bonds. The van der Waals surface area contributed by atoms with Crippen LogP contribution in [0.15, 0.2) is 36.4 Å². The van der Waals surface area contributed by atoms with Gasteiger partial charge in [0.1, 0.15) is 0 Å². The van der Waals surface area contributed by atoms with E-state index in [1.54, 1.807) is 6.07 Å². The number of carbonyl (C=O) groups excluding carboxylic acids is 1. The lowest BCUT2D eigenvalue weighted by molar-refractivity contribution is 0.111. The monoisotopic (exact) mass is 363 g/mol. The van der Waals surface area contributed by atoms with Crippen LogP contribution in [0.4, 0.5) is 0 Å². The first-order chi connectivity index (χ1) is 10.2. The zero-order chi connectivity index (χ0) is 14.8. The van der Waals surface area contributed by atoms with E-state index in [-0.39, 0.29) is 40.0 Å². The second-order valence-corrected chi connectivity index (χ2v) is 5.26. The Morgan fingerprint density at radius 3 is 2.59 bits per heavy atom. The van der Waals surface area contributed by atoms with Crippen molar-refractivity contribution in [3.63, 3.8) is 0 Å². The van der Waals surface area contributed by atoms with Gasteiger partial charge in [-0.05, 0) is 35.7 Å². The molecule has 116 valence electrons. The number of halogens is 1. The highest BCUT2D eigenvalue weighted by molar-refractivity contribution is 8.93. The molecule has 1 unspecified atom stereocenters. The minimum absolute atomic E-state index is 0. The number of benzene rings is 2. The third-order valence-corrected chi connectivity index (χ3v) is 4.06. The molecule has 0 aromatic heterocycles. The smallest absolute Gasteiger partial charge is 0.168 e. The van der Waals surface area contributed by atoms with Crippen molar-refractivity contribution < 1.29 is 15.0 Å². The van der Waals surface area contributed by atoms with Gasteiger partial charge >= 0.3 is 0 Å². The molecule has 0 saturated heterocycles. The summed E-state index contributed by atoms with van der Waals surface area (Å²) in [6.45, 7) is 1.47. The van der Waals surface area contributed by atoms with E-state index < -0.39 is 0 Å². The van der Waals surface area contributed by atoms with Gasteiger partial charge in [0.05, 0.1) is 5.56 Å². The van der Waals surface area contributed by atoms with Crippen LogP contribution in [0.25, 0.3) is 0 Å². The average molecular weight is 364 g/mol.